The summed E-state index contributed by atoms with van der Waals surface area (Å²) in [7, 11) is 0. The monoisotopic (exact) mass is 219 g/mol. The molecule has 1 aromatic carbocycles. The smallest absolute Gasteiger partial charge is 0.0515 e. The number of nitrogens with two attached hydrogens (primary N) is 1. The van der Waals surface area contributed by atoms with Gasteiger partial charge >= 0.3 is 0 Å². The fourth-order valence-corrected chi connectivity index (χ4v) is 2.61. The highest BCUT2D eigenvalue weighted by atomic mass is 16.5. The summed E-state index contributed by atoms with van der Waals surface area (Å²) in [6.45, 7) is 5.94. The quantitative estimate of drug-likeness (QED) is 0.829. The van der Waals surface area contributed by atoms with Crippen LogP contribution in [-0.2, 0) is 10.3 Å². The summed E-state index contributed by atoms with van der Waals surface area (Å²) in [6.07, 6.45) is 2.30. The molecule has 1 fully saturated rings. The molecule has 0 bridgehead atoms. The lowest BCUT2D eigenvalue weighted by Crippen LogP contribution is -2.45. The minimum absolute atomic E-state index is 0.272. The molecule has 1 aliphatic rings. The molecule has 16 heavy (non-hydrogen) atoms. The zero-order chi connectivity index (χ0) is 11.6. The van der Waals surface area contributed by atoms with Gasteiger partial charge in [-0.2, -0.15) is 0 Å². The number of ether oxygens (including phenoxy) is 1. The molecule has 0 saturated carbocycles. The van der Waals surface area contributed by atoms with Crippen molar-refractivity contribution in [1.29, 1.82) is 0 Å². The van der Waals surface area contributed by atoms with Crippen LogP contribution >= 0.6 is 0 Å². The van der Waals surface area contributed by atoms with Gasteiger partial charge in [0, 0.05) is 18.1 Å². The van der Waals surface area contributed by atoms with E-state index in [1.165, 1.54) is 17.5 Å². The number of rotatable bonds is 2. The van der Waals surface area contributed by atoms with Crippen molar-refractivity contribution in [2.24, 2.45) is 11.7 Å². The highest BCUT2D eigenvalue weighted by Gasteiger charge is 2.34. The standard InChI is InChI=1S/C14H21NO/c1-11-6-3-4-8-13(11)14(2,15)12-7-5-9-16-10-12/h3-4,6,8,12H,5,7,9-10,15H2,1-2H3. The lowest BCUT2D eigenvalue weighted by Gasteiger charge is -2.37. The first kappa shape index (κ1) is 11.6. The van der Waals surface area contributed by atoms with Crippen molar-refractivity contribution in [3.05, 3.63) is 35.4 Å². The van der Waals surface area contributed by atoms with Gasteiger partial charge in [-0.05, 0) is 37.8 Å². The average molecular weight is 219 g/mol. The van der Waals surface area contributed by atoms with Crippen molar-refractivity contribution < 1.29 is 4.74 Å². The fraction of sp³-hybridized carbons (Fsp3) is 0.571. The van der Waals surface area contributed by atoms with Crippen molar-refractivity contribution in [3.63, 3.8) is 0 Å². The molecule has 0 amide bonds. The van der Waals surface area contributed by atoms with Crippen molar-refractivity contribution in [1.82, 2.24) is 0 Å². The second-order valence-corrected chi connectivity index (χ2v) is 5.01. The Morgan fingerprint density at radius 2 is 2.12 bits per heavy atom. The maximum atomic E-state index is 6.53. The van der Waals surface area contributed by atoms with Gasteiger partial charge in [-0.1, -0.05) is 24.3 Å². The van der Waals surface area contributed by atoms with E-state index in [4.69, 9.17) is 10.5 Å². The van der Waals surface area contributed by atoms with Gasteiger partial charge in [0.25, 0.3) is 0 Å². The lowest BCUT2D eigenvalue weighted by atomic mass is 9.76. The molecule has 0 spiro atoms. The van der Waals surface area contributed by atoms with Crippen LogP contribution in [0.1, 0.15) is 30.9 Å². The molecule has 1 heterocycles. The molecule has 1 saturated heterocycles. The Bertz CT molecular complexity index is 354. The van der Waals surface area contributed by atoms with Crippen LogP contribution in [0, 0.1) is 12.8 Å². The first-order valence-electron chi connectivity index (χ1n) is 6.05. The first-order chi connectivity index (χ1) is 7.62. The van der Waals surface area contributed by atoms with Gasteiger partial charge in [0.15, 0.2) is 0 Å². The third-order valence-electron chi connectivity index (χ3n) is 3.73. The van der Waals surface area contributed by atoms with Gasteiger partial charge in [0.05, 0.1) is 6.61 Å². The summed E-state index contributed by atoms with van der Waals surface area (Å²) < 4.78 is 5.55. The van der Waals surface area contributed by atoms with E-state index in [-0.39, 0.29) is 5.54 Å². The molecule has 1 aromatic rings. The summed E-state index contributed by atoms with van der Waals surface area (Å²) >= 11 is 0. The summed E-state index contributed by atoms with van der Waals surface area (Å²) in [4.78, 5) is 0. The molecule has 2 heteroatoms. The fourth-order valence-electron chi connectivity index (χ4n) is 2.61. The molecular weight excluding hydrogens is 198 g/mol. The van der Waals surface area contributed by atoms with Gasteiger partial charge in [-0.25, -0.2) is 0 Å². The van der Waals surface area contributed by atoms with Crippen LogP contribution in [0.4, 0.5) is 0 Å². The number of hydrogen-bond acceptors (Lipinski definition) is 2. The van der Waals surface area contributed by atoms with Gasteiger partial charge in [-0.15, -0.1) is 0 Å². The third-order valence-corrected chi connectivity index (χ3v) is 3.73. The molecular formula is C14H21NO. The minimum Gasteiger partial charge on any atom is -0.381 e. The predicted octanol–water partition coefficient (Wildman–Crippen LogP) is 2.60. The molecule has 2 unspecified atom stereocenters. The molecule has 88 valence electrons. The van der Waals surface area contributed by atoms with Gasteiger partial charge in [0.1, 0.15) is 0 Å². The highest BCUT2D eigenvalue weighted by molar-refractivity contribution is 5.32. The zero-order valence-corrected chi connectivity index (χ0v) is 10.2. The zero-order valence-electron chi connectivity index (χ0n) is 10.2. The molecule has 0 aromatic heterocycles. The van der Waals surface area contributed by atoms with Crippen LogP contribution in [0.25, 0.3) is 0 Å². The largest absolute Gasteiger partial charge is 0.381 e. The topological polar surface area (TPSA) is 35.2 Å². The second kappa shape index (κ2) is 4.56. The van der Waals surface area contributed by atoms with E-state index in [9.17, 15) is 0 Å². The van der Waals surface area contributed by atoms with Crippen LogP contribution < -0.4 is 5.73 Å². The predicted molar refractivity (Wildman–Crippen MR) is 66.3 cm³/mol. The number of benzene rings is 1. The number of hydrogen-bond donors (Lipinski definition) is 1. The van der Waals surface area contributed by atoms with E-state index >= 15 is 0 Å². The minimum atomic E-state index is -0.272. The highest BCUT2D eigenvalue weighted by Crippen LogP contribution is 2.33. The maximum Gasteiger partial charge on any atom is 0.0515 e. The summed E-state index contributed by atoms with van der Waals surface area (Å²) in [5, 5.41) is 0. The molecule has 2 rings (SSSR count). The molecule has 2 atom stereocenters. The molecule has 2 nitrogen and oxygen atoms in total. The number of aryl methyl sites for hydroxylation is 1. The van der Waals surface area contributed by atoms with E-state index in [1.807, 2.05) is 0 Å². The van der Waals surface area contributed by atoms with Crippen LogP contribution in [0.15, 0.2) is 24.3 Å². The second-order valence-electron chi connectivity index (χ2n) is 5.01. The van der Waals surface area contributed by atoms with Crippen LogP contribution in [0.2, 0.25) is 0 Å². The summed E-state index contributed by atoms with van der Waals surface area (Å²) in [5.41, 5.74) is 8.79. The Labute approximate surface area is 97.8 Å². The Kier molecular flexibility index (Phi) is 3.31. The normalized spacial score (nSPS) is 25.1. The van der Waals surface area contributed by atoms with E-state index < -0.39 is 0 Å². The molecule has 2 N–H and O–H groups in total. The SMILES string of the molecule is Cc1ccccc1C(C)(N)C1CCCOC1. The van der Waals surface area contributed by atoms with Crippen molar-refractivity contribution >= 4 is 0 Å². The Balaban J connectivity index is 2.26. The van der Waals surface area contributed by atoms with Gasteiger partial charge < -0.3 is 10.5 Å². The van der Waals surface area contributed by atoms with Crippen LogP contribution in [-0.4, -0.2) is 13.2 Å². The van der Waals surface area contributed by atoms with Gasteiger partial charge in [-0.3, -0.25) is 0 Å². The van der Waals surface area contributed by atoms with E-state index in [0.717, 1.165) is 19.6 Å². The Morgan fingerprint density at radius 3 is 2.75 bits per heavy atom. The average Bonchev–Trinajstić information content (AvgIpc) is 2.30. The van der Waals surface area contributed by atoms with Crippen molar-refractivity contribution in [2.75, 3.05) is 13.2 Å². The maximum absolute atomic E-state index is 6.53. The van der Waals surface area contributed by atoms with Crippen LogP contribution in [0.5, 0.6) is 0 Å². The Hall–Kier alpha value is -0.860. The van der Waals surface area contributed by atoms with Gasteiger partial charge in [0.2, 0.25) is 0 Å². The lowest BCUT2D eigenvalue weighted by molar-refractivity contribution is 0.0242. The molecule has 0 radical (unpaired) electrons. The van der Waals surface area contributed by atoms with Crippen LogP contribution in [0.3, 0.4) is 0 Å². The summed E-state index contributed by atoms with van der Waals surface area (Å²) in [5.74, 6) is 0.433. The van der Waals surface area contributed by atoms with Crippen molar-refractivity contribution in [3.8, 4) is 0 Å². The van der Waals surface area contributed by atoms with E-state index in [1.54, 1.807) is 0 Å². The third kappa shape index (κ3) is 2.13. The summed E-state index contributed by atoms with van der Waals surface area (Å²) in [6, 6.07) is 8.40. The molecule has 0 aliphatic carbocycles. The molecule has 1 aliphatic heterocycles. The van der Waals surface area contributed by atoms with E-state index in [2.05, 4.69) is 38.1 Å². The Morgan fingerprint density at radius 1 is 1.38 bits per heavy atom. The first-order valence-corrected chi connectivity index (χ1v) is 6.05. The van der Waals surface area contributed by atoms with E-state index in [0.29, 0.717) is 5.92 Å². The van der Waals surface area contributed by atoms with Crippen molar-refractivity contribution in [2.45, 2.75) is 32.2 Å².